The van der Waals surface area contributed by atoms with Crippen molar-refractivity contribution in [2.45, 2.75) is 32.9 Å². The zero-order chi connectivity index (χ0) is 16.1. The number of rotatable bonds is 5. The molecule has 1 aromatic heterocycles. The highest BCUT2D eigenvalue weighted by atomic mass is 19.1. The van der Waals surface area contributed by atoms with Crippen LogP contribution in [0, 0.1) is 12.7 Å². The number of nitrogens with zero attached hydrogens (tertiary/aromatic N) is 1. The molecule has 5 heteroatoms. The molecule has 0 aliphatic heterocycles. The van der Waals surface area contributed by atoms with Gasteiger partial charge in [-0.1, -0.05) is 6.07 Å². The van der Waals surface area contributed by atoms with Crippen molar-refractivity contribution in [3.05, 3.63) is 59.7 Å². The van der Waals surface area contributed by atoms with Crippen molar-refractivity contribution in [2.75, 3.05) is 5.32 Å². The zero-order valence-electron chi connectivity index (χ0n) is 12.9. The van der Waals surface area contributed by atoms with E-state index in [-0.39, 0.29) is 17.6 Å². The number of pyridine rings is 1. The summed E-state index contributed by atoms with van der Waals surface area (Å²) in [6, 6.07) is 8.05. The van der Waals surface area contributed by atoms with Gasteiger partial charge in [-0.3, -0.25) is 15.1 Å². The molecule has 1 aromatic carbocycles. The Morgan fingerprint density at radius 2 is 1.86 bits per heavy atom. The van der Waals surface area contributed by atoms with E-state index in [2.05, 4.69) is 15.6 Å². The quantitative estimate of drug-likeness (QED) is 0.891. The molecule has 0 unspecified atom stereocenters. The smallest absolute Gasteiger partial charge is 0.241 e. The summed E-state index contributed by atoms with van der Waals surface area (Å²) >= 11 is 0. The fraction of sp³-hybridized carbons (Fsp3) is 0.294. The molecule has 0 saturated heterocycles. The Kier molecular flexibility index (Phi) is 5.22. The third kappa shape index (κ3) is 4.11. The molecule has 1 amide bonds. The Bertz CT molecular complexity index is 646. The van der Waals surface area contributed by atoms with Gasteiger partial charge in [0.25, 0.3) is 0 Å². The predicted molar refractivity (Wildman–Crippen MR) is 85.0 cm³/mol. The Labute approximate surface area is 129 Å². The SMILES string of the molecule is Cc1ccc(NC(=O)[C@H](C)N[C@@H](C)c2ccncc2)c(F)c1. The second kappa shape index (κ2) is 7.13. The summed E-state index contributed by atoms with van der Waals surface area (Å²) in [4.78, 5) is 16.1. The molecule has 22 heavy (non-hydrogen) atoms. The van der Waals surface area contributed by atoms with Crippen LogP contribution >= 0.6 is 0 Å². The van der Waals surface area contributed by atoms with Crippen molar-refractivity contribution in [3.63, 3.8) is 0 Å². The van der Waals surface area contributed by atoms with E-state index >= 15 is 0 Å². The molecular weight excluding hydrogens is 281 g/mol. The minimum absolute atomic E-state index is 0.00776. The molecule has 0 aliphatic rings. The van der Waals surface area contributed by atoms with Gasteiger partial charge in [0.05, 0.1) is 11.7 Å². The van der Waals surface area contributed by atoms with Crippen LogP contribution in [-0.2, 0) is 4.79 Å². The Hall–Kier alpha value is -2.27. The Morgan fingerprint density at radius 3 is 2.50 bits per heavy atom. The lowest BCUT2D eigenvalue weighted by molar-refractivity contribution is -0.118. The standard InChI is InChI=1S/C17H20FN3O/c1-11-4-5-16(15(18)10-11)21-17(22)13(3)20-12(2)14-6-8-19-9-7-14/h4-10,12-13,20H,1-3H3,(H,21,22)/t12-,13-/m0/s1. The number of nitrogens with one attached hydrogen (secondary N) is 2. The summed E-state index contributed by atoms with van der Waals surface area (Å²) in [7, 11) is 0. The highest BCUT2D eigenvalue weighted by Crippen LogP contribution is 2.16. The lowest BCUT2D eigenvalue weighted by Crippen LogP contribution is -2.39. The Balaban J connectivity index is 1.97. The number of carbonyl (C=O) groups excluding carboxylic acids is 1. The van der Waals surface area contributed by atoms with Crippen LogP contribution in [0.2, 0.25) is 0 Å². The summed E-state index contributed by atoms with van der Waals surface area (Å²) in [5.74, 6) is -0.702. The minimum atomic E-state index is -0.455. The van der Waals surface area contributed by atoms with Crippen LogP contribution in [0.25, 0.3) is 0 Å². The van der Waals surface area contributed by atoms with Gasteiger partial charge in [-0.2, -0.15) is 0 Å². The Morgan fingerprint density at radius 1 is 1.18 bits per heavy atom. The van der Waals surface area contributed by atoms with Crippen molar-refractivity contribution in [1.29, 1.82) is 0 Å². The molecule has 116 valence electrons. The summed E-state index contributed by atoms with van der Waals surface area (Å²) in [5, 5.41) is 5.79. The van der Waals surface area contributed by atoms with Crippen LogP contribution in [0.3, 0.4) is 0 Å². The van der Waals surface area contributed by atoms with Crippen LogP contribution in [0.1, 0.15) is 31.0 Å². The second-order valence-electron chi connectivity index (χ2n) is 5.36. The van der Waals surface area contributed by atoms with Crippen LogP contribution in [0.4, 0.5) is 10.1 Å². The van der Waals surface area contributed by atoms with Gasteiger partial charge in [0.2, 0.25) is 5.91 Å². The summed E-state index contributed by atoms with van der Waals surface area (Å²) in [5.41, 5.74) is 2.05. The number of aryl methyl sites for hydroxylation is 1. The van der Waals surface area contributed by atoms with E-state index in [1.807, 2.05) is 19.1 Å². The fourth-order valence-electron chi connectivity index (χ4n) is 2.16. The first-order chi connectivity index (χ1) is 10.5. The number of hydrogen-bond acceptors (Lipinski definition) is 3. The average molecular weight is 301 g/mol. The molecule has 2 aromatic rings. The third-order valence-electron chi connectivity index (χ3n) is 3.48. The van der Waals surface area contributed by atoms with Crippen LogP contribution < -0.4 is 10.6 Å². The molecule has 0 aliphatic carbocycles. The highest BCUT2D eigenvalue weighted by molar-refractivity contribution is 5.94. The van der Waals surface area contributed by atoms with Crippen molar-refractivity contribution < 1.29 is 9.18 Å². The minimum Gasteiger partial charge on any atom is -0.322 e. The van der Waals surface area contributed by atoms with Crippen LogP contribution in [0.15, 0.2) is 42.7 Å². The number of benzene rings is 1. The molecule has 0 bridgehead atoms. The lowest BCUT2D eigenvalue weighted by Gasteiger charge is -2.20. The van der Waals surface area contributed by atoms with Gasteiger partial charge >= 0.3 is 0 Å². The van der Waals surface area contributed by atoms with E-state index < -0.39 is 11.9 Å². The van der Waals surface area contributed by atoms with Gasteiger partial charge < -0.3 is 5.32 Å². The van der Waals surface area contributed by atoms with Gasteiger partial charge in [-0.05, 0) is 56.2 Å². The molecule has 4 nitrogen and oxygen atoms in total. The maximum absolute atomic E-state index is 13.8. The number of aromatic nitrogens is 1. The van der Waals surface area contributed by atoms with Gasteiger partial charge in [0, 0.05) is 18.4 Å². The number of hydrogen-bond donors (Lipinski definition) is 2. The fourth-order valence-corrected chi connectivity index (χ4v) is 2.16. The molecular formula is C17H20FN3O. The number of carbonyl (C=O) groups is 1. The largest absolute Gasteiger partial charge is 0.322 e. The molecule has 2 rings (SSSR count). The van der Waals surface area contributed by atoms with Crippen molar-refractivity contribution in [3.8, 4) is 0 Å². The number of halogens is 1. The van der Waals surface area contributed by atoms with Gasteiger partial charge in [-0.15, -0.1) is 0 Å². The number of anilines is 1. The molecule has 2 N–H and O–H groups in total. The van der Waals surface area contributed by atoms with E-state index in [4.69, 9.17) is 0 Å². The maximum Gasteiger partial charge on any atom is 0.241 e. The molecule has 0 radical (unpaired) electrons. The first-order valence-electron chi connectivity index (χ1n) is 7.20. The van der Waals surface area contributed by atoms with Crippen molar-refractivity contribution >= 4 is 11.6 Å². The maximum atomic E-state index is 13.8. The molecule has 0 spiro atoms. The van der Waals surface area contributed by atoms with Gasteiger partial charge in [0.15, 0.2) is 0 Å². The lowest BCUT2D eigenvalue weighted by atomic mass is 10.1. The second-order valence-corrected chi connectivity index (χ2v) is 5.36. The summed E-state index contributed by atoms with van der Waals surface area (Å²) in [6.45, 7) is 5.51. The van der Waals surface area contributed by atoms with Crippen LogP contribution in [0.5, 0.6) is 0 Å². The van der Waals surface area contributed by atoms with E-state index in [1.165, 1.54) is 6.07 Å². The monoisotopic (exact) mass is 301 g/mol. The van der Waals surface area contributed by atoms with E-state index in [0.29, 0.717) is 0 Å². The van der Waals surface area contributed by atoms with E-state index in [1.54, 1.807) is 38.4 Å². The van der Waals surface area contributed by atoms with Crippen molar-refractivity contribution in [1.82, 2.24) is 10.3 Å². The molecule has 0 fully saturated rings. The first-order valence-corrected chi connectivity index (χ1v) is 7.20. The highest BCUT2D eigenvalue weighted by Gasteiger charge is 2.17. The number of amides is 1. The first kappa shape index (κ1) is 16.1. The normalized spacial score (nSPS) is 13.5. The molecule has 2 atom stereocenters. The van der Waals surface area contributed by atoms with Crippen LogP contribution in [-0.4, -0.2) is 16.9 Å². The predicted octanol–water partition coefficient (Wildman–Crippen LogP) is 3.21. The van der Waals surface area contributed by atoms with Gasteiger partial charge in [0.1, 0.15) is 5.82 Å². The topological polar surface area (TPSA) is 54.0 Å². The van der Waals surface area contributed by atoms with Crippen molar-refractivity contribution in [2.24, 2.45) is 0 Å². The van der Waals surface area contributed by atoms with Gasteiger partial charge in [-0.25, -0.2) is 4.39 Å². The summed E-state index contributed by atoms with van der Waals surface area (Å²) < 4.78 is 13.8. The average Bonchev–Trinajstić information content (AvgIpc) is 2.50. The van der Waals surface area contributed by atoms with E-state index in [9.17, 15) is 9.18 Å². The molecule has 1 heterocycles. The summed E-state index contributed by atoms with van der Waals surface area (Å²) in [6.07, 6.45) is 3.42. The molecule has 0 saturated carbocycles. The van der Waals surface area contributed by atoms with E-state index in [0.717, 1.165) is 11.1 Å². The third-order valence-corrected chi connectivity index (χ3v) is 3.48. The zero-order valence-corrected chi connectivity index (χ0v) is 12.9.